The van der Waals surface area contributed by atoms with Crippen molar-refractivity contribution in [3.63, 3.8) is 0 Å². The summed E-state index contributed by atoms with van der Waals surface area (Å²) < 4.78 is 6.06. The highest BCUT2D eigenvalue weighted by molar-refractivity contribution is 6.35. The summed E-state index contributed by atoms with van der Waals surface area (Å²) in [6, 6.07) is 5.60. The average Bonchev–Trinajstić information content (AvgIpc) is 2.96. The van der Waals surface area contributed by atoms with Crippen LogP contribution in [-0.4, -0.2) is 22.7 Å². The highest BCUT2D eigenvalue weighted by Crippen LogP contribution is 2.46. The molecule has 1 aliphatic heterocycles. The number of fused-ring (bicyclic) bond motifs is 3. The molecule has 1 aliphatic rings. The Balaban J connectivity index is 2.34. The molecule has 5 nitrogen and oxygen atoms in total. The number of halogens is 1. The summed E-state index contributed by atoms with van der Waals surface area (Å²) in [5.41, 5.74) is 2.01. The van der Waals surface area contributed by atoms with Gasteiger partial charge in [0, 0.05) is 5.39 Å². The topological polar surface area (TPSA) is 86.1 Å². The Morgan fingerprint density at radius 2 is 2.33 bits per heavy atom. The fraction of sp³-hybridized carbons (Fsp3) is 0.444. The van der Waals surface area contributed by atoms with Gasteiger partial charge >= 0.3 is 5.97 Å². The van der Waals surface area contributed by atoms with E-state index in [1.807, 2.05) is 13.8 Å². The zero-order chi connectivity index (χ0) is 17.5. The van der Waals surface area contributed by atoms with Crippen LogP contribution in [0.4, 0.5) is 0 Å². The predicted octanol–water partition coefficient (Wildman–Crippen LogP) is 3.98. The van der Waals surface area contributed by atoms with Gasteiger partial charge in [0.05, 0.1) is 40.9 Å². The first kappa shape index (κ1) is 16.8. The maximum atomic E-state index is 11.5. The number of aliphatic carboxylic acids is 1. The van der Waals surface area contributed by atoms with Crippen molar-refractivity contribution >= 4 is 28.5 Å². The van der Waals surface area contributed by atoms with E-state index in [4.69, 9.17) is 16.3 Å². The monoisotopic (exact) mass is 346 g/mol. The van der Waals surface area contributed by atoms with Gasteiger partial charge < -0.3 is 14.8 Å². The predicted molar refractivity (Wildman–Crippen MR) is 91.1 cm³/mol. The Hall–Kier alpha value is -2.03. The zero-order valence-corrected chi connectivity index (χ0v) is 14.4. The van der Waals surface area contributed by atoms with Gasteiger partial charge in [-0.2, -0.15) is 5.26 Å². The summed E-state index contributed by atoms with van der Waals surface area (Å²) in [5.74, 6) is -0.904. The van der Waals surface area contributed by atoms with Gasteiger partial charge in [0.1, 0.15) is 5.60 Å². The molecule has 0 radical (unpaired) electrons. The molecule has 0 amide bonds. The van der Waals surface area contributed by atoms with E-state index in [1.54, 1.807) is 12.1 Å². The van der Waals surface area contributed by atoms with E-state index in [0.29, 0.717) is 29.1 Å². The Morgan fingerprint density at radius 1 is 1.58 bits per heavy atom. The summed E-state index contributed by atoms with van der Waals surface area (Å²) in [5, 5.41) is 20.2. The van der Waals surface area contributed by atoms with Crippen LogP contribution < -0.4 is 0 Å². The number of carboxylic acid groups (broad SMARTS) is 1. The van der Waals surface area contributed by atoms with Gasteiger partial charge in [-0.25, -0.2) is 0 Å². The van der Waals surface area contributed by atoms with E-state index < -0.39 is 11.6 Å². The third-order valence-electron chi connectivity index (χ3n) is 5.09. The van der Waals surface area contributed by atoms with E-state index in [9.17, 15) is 15.2 Å². The molecule has 0 bridgehead atoms. The number of benzene rings is 1. The number of carboxylic acids is 1. The molecular weight excluding hydrogens is 328 g/mol. The van der Waals surface area contributed by atoms with Crippen molar-refractivity contribution in [2.45, 2.75) is 38.7 Å². The average molecular weight is 347 g/mol. The van der Waals surface area contributed by atoms with Crippen LogP contribution in [-0.2, 0) is 21.6 Å². The van der Waals surface area contributed by atoms with Gasteiger partial charge in [-0.3, -0.25) is 4.79 Å². The second kappa shape index (κ2) is 6.12. The number of aromatic nitrogens is 1. The van der Waals surface area contributed by atoms with Crippen LogP contribution in [0.5, 0.6) is 0 Å². The van der Waals surface area contributed by atoms with Gasteiger partial charge in [0.2, 0.25) is 0 Å². The van der Waals surface area contributed by atoms with Crippen LogP contribution in [0.25, 0.3) is 10.9 Å². The minimum absolute atomic E-state index is 0.00465. The fourth-order valence-electron chi connectivity index (χ4n) is 3.71. The number of rotatable bonds is 4. The van der Waals surface area contributed by atoms with Crippen LogP contribution in [0.2, 0.25) is 5.02 Å². The first-order chi connectivity index (χ1) is 11.4. The van der Waals surface area contributed by atoms with Crippen LogP contribution in [0.1, 0.15) is 43.5 Å². The van der Waals surface area contributed by atoms with Crippen molar-refractivity contribution in [2.75, 3.05) is 6.61 Å². The van der Waals surface area contributed by atoms with Gasteiger partial charge in [-0.05, 0) is 30.0 Å². The summed E-state index contributed by atoms with van der Waals surface area (Å²) >= 11 is 6.32. The van der Waals surface area contributed by atoms with E-state index >= 15 is 0 Å². The molecule has 2 atom stereocenters. The van der Waals surface area contributed by atoms with Crippen molar-refractivity contribution in [3.05, 3.63) is 34.0 Å². The molecule has 6 heteroatoms. The van der Waals surface area contributed by atoms with Crippen molar-refractivity contribution in [2.24, 2.45) is 5.92 Å². The molecule has 0 saturated carbocycles. The number of ether oxygens (including phenoxy) is 1. The lowest BCUT2D eigenvalue weighted by Gasteiger charge is -2.40. The number of hydrogen-bond donors (Lipinski definition) is 2. The number of nitriles is 1. The first-order valence-corrected chi connectivity index (χ1v) is 8.41. The van der Waals surface area contributed by atoms with E-state index in [0.717, 1.165) is 23.1 Å². The van der Waals surface area contributed by atoms with Crippen LogP contribution >= 0.6 is 11.6 Å². The number of aromatic amines is 1. The molecule has 2 heterocycles. The Bertz CT molecular complexity index is 852. The third-order valence-corrected chi connectivity index (χ3v) is 5.40. The Labute approximate surface area is 145 Å². The second-order valence-electron chi connectivity index (χ2n) is 6.30. The Kier molecular flexibility index (Phi) is 4.29. The minimum atomic E-state index is -0.927. The molecule has 0 spiro atoms. The standard InChI is InChI=1S/C18H19ClN2O3/c1-3-10(2)18(8-14(22)23)17-12(6-7-24-18)15-11(9-20)4-5-13(19)16(15)21-17/h4-5,10,21H,3,6-8H2,1-2H3,(H,22,23)/t10-,18-/m0/s1. The summed E-state index contributed by atoms with van der Waals surface area (Å²) in [7, 11) is 0. The Morgan fingerprint density at radius 3 is 2.96 bits per heavy atom. The number of hydrogen-bond acceptors (Lipinski definition) is 3. The molecule has 24 heavy (non-hydrogen) atoms. The van der Waals surface area contributed by atoms with Gasteiger partial charge in [-0.15, -0.1) is 0 Å². The minimum Gasteiger partial charge on any atom is -0.481 e. The summed E-state index contributed by atoms with van der Waals surface area (Å²) in [4.78, 5) is 14.8. The second-order valence-corrected chi connectivity index (χ2v) is 6.71. The lowest BCUT2D eigenvalue weighted by Crippen LogP contribution is -2.43. The quantitative estimate of drug-likeness (QED) is 0.876. The molecule has 2 aromatic rings. The number of H-pyrrole nitrogens is 1. The molecule has 2 N–H and O–H groups in total. The normalized spacial score (nSPS) is 21.2. The maximum Gasteiger partial charge on any atom is 0.306 e. The van der Waals surface area contributed by atoms with E-state index in [-0.39, 0.29) is 12.3 Å². The number of carbonyl (C=O) groups is 1. The van der Waals surface area contributed by atoms with Gasteiger partial charge in [0.15, 0.2) is 0 Å². The largest absolute Gasteiger partial charge is 0.481 e. The van der Waals surface area contributed by atoms with Gasteiger partial charge in [-0.1, -0.05) is 31.9 Å². The summed E-state index contributed by atoms with van der Waals surface area (Å²) in [6.07, 6.45) is 1.28. The SMILES string of the molecule is CC[C@H](C)[C@]1(CC(=O)O)OCCc2c1[nH]c1c(Cl)ccc(C#N)c21. The lowest BCUT2D eigenvalue weighted by atomic mass is 9.77. The molecule has 126 valence electrons. The molecule has 1 aromatic heterocycles. The van der Waals surface area contributed by atoms with Crippen molar-refractivity contribution in [1.29, 1.82) is 5.26 Å². The number of nitrogens with zero attached hydrogens (tertiary/aromatic N) is 1. The van der Waals surface area contributed by atoms with Crippen LogP contribution in [0, 0.1) is 17.2 Å². The van der Waals surface area contributed by atoms with Crippen LogP contribution in [0.15, 0.2) is 12.1 Å². The molecule has 0 fully saturated rings. The van der Waals surface area contributed by atoms with Crippen LogP contribution in [0.3, 0.4) is 0 Å². The third kappa shape index (κ3) is 2.38. The molecule has 1 aromatic carbocycles. The van der Waals surface area contributed by atoms with Crippen molar-refractivity contribution in [3.8, 4) is 6.07 Å². The molecular formula is C18H19ClN2O3. The van der Waals surface area contributed by atoms with Gasteiger partial charge in [0.25, 0.3) is 0 Å². The molecule has 0 aliphatic carbocycles. The number of nitrogens with one attached hydrogen (secondary N) is 1. The smallest absolute Gasteiger partial charge is 0.306 e. The van der Waals surface area contributed by atoms with Crippen molar-refractivity contribution in [1.82, 2.24) is 4.98 Å². The lowest BCUT2D eigenvalue weighted by molar-refractivity contribution is -0.155. The highest BCUT2D eigenvalue weighted by atomic mass is 35.5. The molecule has 0 unspecified atom stereocenters. The van der Waals surface area contributed by atoms with E-state index in [2.05, 4.69) is 11.1 Å². The molecule has 0 saturated heterocycles. The fourth-order valence-corrected chi connectivity index (χ4v) is 3.91. The highest BCUT2D eigenvalue weighted by Gasteiger charge is 2.46. The zero-order valence-electron chi connectivity index (χ0n) is 13.6. The summed E-state index contributed by atoms with van der Waals surface area (Å²) in [6.45, 7) is 4.44. The molecule has 3 rings (SSSR count). The van der Waals surface area contributed by atoms with Crippen molar-refractivity contribution < 1.29 is 14.6 Å². The van der Waals surface area contributed by atoms with E-state index in [1.165, 1.54) is 0 Å². The first-order valence-electron chi connectivity index (χ1n) is 8.04. The maximum absolute atomic E-state index is 11.5.